The Morgan fingerprint density at radius 1 is 1.14 bits per heavy atom. The fourth-order valence-electron chi connectivity index (χ4n) is 2.89. The summed E-state index contributed by atoms with van der Waals surface area (Å²) in [6.45, 7) is 5.59. The van der Waals surface area contributed by atoms with E-state index in [1.54, 1.807) is 48.5 Å². The summed E-state index contributed by atoms with van der Waals surface area (Å²) in [5, 5.41) is 3.33. The molecule has 0 fully saturated rings. The summed E-state index contributed by atoms with van der Waals surface area (Å²) in [7, 11) is -3.86. The van der Waals surface area contributed by atoms with Gasteiger partial charge in [-0.2, -0.15) is 4.31 Å². The monoisotopic (exact) mass is 422 g/mol. The standard InChI is InChI=1S/C21H27ClN2O3S/c1-4-7-17(3)23-21(25)15-24(14-18-8-5-6-9-20(18)22)28(26,27)19-12-10-16(2)11-13-19/h5-6,8-13,17H,4,7,14-15H2,1-3H3,(H,23,25)/t17-/m1/s1. The maximum atomic E-state index is 13.2. The fourth-order valence-corrected chi connectivity index (χ4v) is 4.46. The lowest BCUT2D eigenvalue weighted by Gasteiger charge is -2.23. The summed E-state index contributed by atoms with van der Waals surface area (Å²) < 4.78 is 27.6. The Morgan fingerprint density at radius 3 is 2.39 bits per heavy atom. The van der Waals surface area contributed by atoms with E-state index in [4.69, 9.17) is 11.6 Å². The number of amides is 1. The van der Waals surface area contributed by atoms with Crippen LogP contribution >= 0.6 is 11.6 Å². The van der Waals surface area contributed by atoms with Crippen LogP contribution in [0.15, 0.2) is 53.4 Å². The molecule has 2 aromatic carbocycles. The Labute approximate surface area is 172 Å². The first-order chi connectivity index (χ1) is 13.2. The van der Waals surface area contributed by atoms with Gasteiger partial charge in [-0.1, -0.05) is 60.8 Å². The predicted molar refractivity (Wildman–Crippen MR) is 113 cm³/mol. The number of carbonyl (C=O) groups excluding carboxylic acids is 1. The molecule has 7 heteroatoms. The molecule has 0 aromatic heterocycles. The number of nitrogens with zero attached hydrogens (tertiary/aromatic N) is 1. The van der Waals surface area contributed by atoms with Crippen molar-refractivity contribution in [2.75, 3.05) is 6.54 Å². The number of carbonyl (C=O) groups is 1. The minimum Gasteiger partial charge on any atom is -0.353 e. The molecule has 0 aliphatic carbocycles. The molecule has 0 radical (unpaired) electrons. The minimum atomic E-state index is -3.86. The molecule has 2 aromatic rings. The maximum absolute atomic E-state index is 13.2. The van der Waals surface area contributed by atoms with Gasteiger partial charge in [-0.25, -0.2) is 8.42 Å². The molecule has 0 aliphatic heterocycles. The molecule has 1 N–H and O–H groups in total. The first-order valence-corrected chi connectivity index (χ1v) is 11.2. The van der Waals surface area contributed by atoms with Crippen molar-refractivity contribution in [3.05, 3.63) is 64.7 Å². The van der Waals surface area contributed by atoms with Crippen LogP contribution in [-0.4, -0.2) is 31.2 Å². The first kappa shape index (κ1) is 22.4. The summed E-state index contributed by atoms with van der Waals surface area (Å²) in [6.07, 6.45) is 1.77. The summed E-state index contributed by atoms with van der Waals surface area (Å²) in [5.74, 6) is -0.330. The Hall–Kier alpha value is -1.89. The van der Waals surface area contributed by atoms with Gasteiger partial charge in [-0.05, 0) is 44.0 Å². The van der Waals surface area contributed by atoms with Gasteiger partial charge in [0.15, 0.2) is 0 Å². The third-order valence-corrected chi connectivity index (χ3v) is 6.59. The number of aryl methyl sites for hydroxylation is 1. The van der Waals surface area contributed by atoms with Crippen LogP contribution in [0.1, 0.15) is 37.8 Å². The number of benzene rings is 2. The van der Waals surface area contributed by atoms with Crippen molar-refractivity contribution < 1.29 is 13.2 Å². The van der Waals surface area contributed by atoms with Gasteiger partial charge >= 0.3 is 0 Å². The normalized spacial score (nSPS) is 12.8. The van der Waals surface area contributed by atoms with Gasteiger partial charge in [0.25, 0.3) is 0 Å². The van der Waals surface area contributed by atoms with E-state index in [9.17, 15) is 13.2 Å². The molecule has 1 amide bonds. The number of halogens is 1. The average molecular weight is 423 g/mol. The van der Waals surface area contributed by atoms with Crippen molar-refractivity contribution in [3.8, 4) is 0 Å². The summed E-state index contributed by atoms with van der Waals surface area (Å²) in [6, 6.07) is 13.6. The van der Waals surface area contributed by atoms with Crippen LogP contribution in [-0.2, 0) is 21.4 Å². The molecule has 0 saturated carbocycles. The number of hydrogen-bond donors (Lipinski definition) is 1. The lowest BCUT2D eigenvalue weighted by Crippen LogP contribution is -2.43. The van der Waals surface area contributed by atoms with Crippen molar-refractivity contribution >= 4 is 27.5 Å². The van der Waals surface area contributed by atoms with Crippen LogP contribution in [0, 0.1) is 6.92 Å². The van der Waals surface area contributed by atoms with Crippen molar-refractivity contribution in [1.29, 1.82) is 0 Å². The third kappa shape index (κ3) is 6.06. The van der Waals surface area contributed by atoms with E-state index in [1.807, 2.05) is 20.8 Å². The van der Waals surface area contributed by atoms with Gasteiger partial charge in [0, 0.05) is 17.6 Å². The van der Waals surface area contributed by atoms with Crippen molar-refractivity contribution in [2.24, 2.45) is 0 Å². The molecular weight excluding hydrogens is 396 g/mol. The smallest absolute Gasteiger partial charge is 0.243 e. The van der Waals surface area contributed by atoms with Gasteiger partial charge in [-0.15, -0.1) is 0 Å². The molecule has 0 heterocycles. The van der Waals surface area contributed by atoms with Crippen molar-refractivity contribution in [1.82, 2.24) is 9.62 Å². The highest BCUT2D eigenvalue weighted by atomic mass is 35.5. The molecule has 2 rings (SSSR count). The van der Waals surface area contributed by atoms with Crippen LogP contribution in [0.3, 0.4) is 0 Å². The highest BCUT2D eigenvalue weighted by molar-refractivity contribution is 7.89. The topological polar surface area (TPSA) is 66.5 Å². The van der Waals surface area contributed by atoms with E-state index in [-0.39, 0.29) is 29.9 Å². The van der Waals surface area contributed by atoms with Crippen LogP contribution in [0.4, 0.5) is 0 Å². The minimum absolute atomic E-state index is 0.0123. The molecule has 0 spiro atoms. The second-order valence-corrected chi connectivity index (χ2v) is 9.28. The largest absolute Gasteiger partial charge is 0.353 e. The number of nitrogens with one attached hydrogen (secondary N) is 1. The summed E-state index contributed by atoms with van der Waals surface area (Å²) >= 11 is 6.23. The van der Waals surface area contributed by atoms with Crippen LogP contribution < -0.4 is 5.32 Å². The van der Waals surface area contributed by atoms with E-state index in [0.717, 1.165) is 18.4 Å². The maximum Gasteiger partial charge on any atom is 0.243 e. The molecular formula is C21H27ClN2O3S. The Balaban J connectivity index is 2.31. The van der Waals surface area contributed by atoms with Crippen molar-refractivity contribution in [2.45, 2.75) is 51.1 Å². The Kier molecular flexibility index (Phi) is 8.04. The van der Waals surface area contributed by atoms with Gasteiger partial charge < -0.3 is 5.32 Å². The van der Waals surface area contributed by atoms with Gasteiger partial charge in [0.1, 0.15) is 0 Å². The molecule has 0 bridgehead atoms. The third-order valence-electron chi connectivity index (χ3n) is 4.41. The van der Waals surface area contributed by atoms with E-state index >= 15 is 0 Å². The molecule has 5 nitrogen and oxygen atoms in total. The van der Waals surface area contributed by atoms with Crippen LogP contribution in [0.25, 0.3) is 0 Å². The van der Waals surface area contributed by atoms with Crippen LogP contribution in [0.5, 0.6) is 0 Å². The van der Waals surface area contributed by atoms with Crippen LogP contribution in [0.2, 0.25) is 5.02 Å². The fraction of sp³-hybridized carbons (Fsp3) is 0.381. The Bertz CT molecular complexity index is 898. The highest BCUT2D eigenvalue weighted by Crippen LogP contribution is 2.22. The van der Waals surface area contributed by atoms with Gasteiger partial charge in [0.05, 0.1) is 11.4 Å². The van der Waals surface area contributed by atoms with E-state index in [0.29, 0.717) is 10.6 Å². The Morgan fingerprint density at radius 2 is 1.79 bits per heavy atom. The summed E-state index contributed by atoms with van der Waals surface area (Å²) in [4.78, 5) is 12.6. The molecule has 0 aliphatic rings. The molecule has 152 valence electrons. The lowest BCUT2D eigenvalue weighted by atomic mass is 10.2. The predicted octanol–water partition coefficient (Wildman–Crippen LogP) is 4.14. The first-order valence-electron chi connectivity index (χ1n) is 9.33. The number of hydrogen-bond acceptors (Lipinski definition) is 3. The van der Waals surface area contributed by atoms with Gasteiger partial charge in [0.2, 0.25) is 15.9 Å². The van der Waals surface area contributed by atoms with Crippen molar-refractivity contribution in [3.63, 3.8) is 0 Å². The second-order valence-electron chi connectivity index (χ2n) is 6.93. The second kappa shape index (κ2) is 10.0. The highest BCUT2D eigenvalue weighted by Gasteiger charge is 2.27. The molecule has 0 unspecified atom stereocenters. The van der Waals surface area contributed by atoms with E-state index in [2.05, 4.69) is 5.32 Å². The zero-order valence-corrected chi connectivity index (χ0v) is 18.1. The zero-order valence-electron chi connectivity index (χ0n) is 16.5. The molecule has 1 atom stereocenters. The SMILES string of the molecule is CCC[C@@H](C)NC(=O)CN(Cc1ccccc1Cl)S(=O)(=O)c1ccc(C)cc1. The average Bonchev–Trinajstić information content (AvgIpc) is 2.63. The van der Waals surface area contributed by atoms with E-state index in [1.165, 1.54) is 4.31 Å². The lowest BCUT2D eigenvalue weighted by molar-refractivity contribution is -0.122. The number of sulfonamides is 1. The van der Waals surface area contributed by atoms with Gasteiger partial charge in [-0.3, -0.25) is 4.79 Å². The summed E-state index contributed by atoms with van der Waals surface area (Å²) in [5.41, 5.74) is 1.61. The van der Waals surface area contributed by atoms with E-state index < -0.39 is 10.0 Å². The molecule has 0 saturated heterocycles. The molecule has 28 heavy (non-hydrogen) atoms. The number of rotatable bonds is 9. The quantitative estimate of drug-likeness (QED) is 0.660. The zero-order chi connectivity index (χ0) is 20.7.